The van der Waals surface area contributed by atoms with Crippen molar-refractivity contribution in [1.82, 2.24) is 14.8 Å². The molecule has 1 aliphatic heterocycles. The number of hydrogen-bond donors (Lipinski definition) is 1. The van der Waals surface area contributed by atoms with E-state index in [1.54, 1.807) is 11.9 Å². The molecule has 1 aromatic heterocycles. The lowest BCUT2D eigenvalue weighted by molar-refractivity contribution is -0.123. The van der Waals surface area contributed by atoms with Gasteiger partial charge in [0.05, 0.1) is 13.1 Å². The summed E-state index contributed by atoms with van der Waals surface area (Å²) in [7, 11) is 1.78. The lowest BCUT2D eigenvalue weighted by Crippen LogP contribution is -2.45. The molecule has 162 valence electrons. The molecule has 1 aromatic carbocycles. The highest BCUT2D eigenvalue weighted by atomic mass is 16.7. The van der Waals surface area contributed by atoms with E-state index >= 15 is 0 Å². The van der Waals surface area contributed by atoms with Crippen molar-refractivity contribution in [3.63, 3.8) is 0 Å². The van der Waals surface area contributed by atoms with Crippen molar-refractivity contribution < 1.29 is 19.1 Å². The SMILES string of the molecule is Cc1cc(C(=O)CN(C)CC(=O)NC(C)(C)C)c(C)n1Cc1ccc2c(c1)OCO2. The zero-order chi connectivity index (χ0) is 22.1. The molecule has 0 fully saturated rings. The van der Waals surface area contributed by atoms with Gasteiger partial charge in [0, 0.05) is 29.0 Å². The van der Waals surface area contributed by atoms with Gasteiger partial charge >= 0.3 is 0 Å². The monoisotopic (exact) mass is 413 g/mol. The van der Waals surface area contributed by atoms with E-state index in [0.717, 1.165) is 28.5 Å². The van der Waals surface area contributed by atoms with Gasteiger partial charge in [-0.05, 0) is 65.4 Å². The second kappa shape index (κ2) is 8.52. The van der Waals surface area contributed by atoms with Crippen LogP contribution < -0.4 is 14.8 Å². The number of likely N-dealkylation sites (N-methyl/N-ethyl adjacent to an activating group) is 1. The highest BCUT2D eigenvalue weighted by Gasteiger charge is 2.20. The Hall–Kier alpha value is -2.80. The summed E-state index contributed by atoms with van der Waals surface area (Å²) in [6, 6.07) is 7.82. The Labute approximate surface area is 178 Å². The van der Waals surface area contributed by atoms with E-state index < -0.39 is 0 Å². The molecule has 0 saturated carbocycles. The third kappa shape index (κ3) is 5.21. The highest BCUT2D eigenvalue weighted by molar-refractivity contribution is 5.99. The first-order chi connectivity index (χ1) is 14.0. The number of amides is 1. The number of nitrogens with zero attached hydrogens (tertiary/aromatic N) is 2. The predicted octanol–water partition coefficient (Wildman–Crippen LogP) is 2.91. The summed E-state index contributed by atoms with van der Waals surface area (Å²) in [6.07, 6.45) is 0. The molecule has 2 heterocycles. The van der Waals surface area contributed by atoms with Crippen LogP contribution >= 0.6 is 0 Å². The number of aryl methyl sites for hydroxylation is 1. The molecule has 0 spiro atoms. The molecule has 0 bridgehead atoms. The fourth-order valence-electron chi connectivity index (χ4n) is 3.64. The third-order valence-electron chi connectivity index (χ3n) is 4.99. The van der Waals surface area contributed by atoms with Crippen LogP contribution in [0.25, 0.3) is 0 Å². The average Bonchev–Trinajstić information content (AvgIpc) is 3.19. The molecule has 7 heteroatoms. The zero-order valence-corrected chi connectivity index (χ0v) is 18.7. The van der Waals surface area contributed by atoms with Crippen LogP contribution in [0.5, 0.6) is 11.5 Å². The van der Waals surface area contributed by atoms with Crippen LogP contribution in [0.4, 0.5) is 0 Å². The van der Waals surface area contributed by atoms with Crippen LogP contribution in [0.15, 0.2) is 24.3 Å². The number of fused-ring (bicyclic) bond motifs is 1. The quantitative estimate of drug-likeness (QED) is 0.707. The first-order valence-corrected chi connectivity index (χ1v) is 10.1. The summed E-state index contributed by atoms with van der Waals surface area (Å²) in [5, 5.41) is 2.92. The Morgan fingerprint density at radius 1 is 1.10 bits per heavy atom. The van der Waals surface area contributed by atoms with Crippen molar-refractivity contribution in [3.05, 3.63) is 46.8 Å². The number of carbonyl (C=O) groups excluding carboxylic acids is 2. The zero-order valence-electron chi connectivity index (χ0n) is 18.7. The lowest BCUT2D eigenvalue weighted by Gasteiger charge is -2.23. The Morgan fingerprint density at radius 3 is 2.50 bits per heavy atom. The maximum absolute atomic E-state index is 12.9. The Bertz CT molecular complexity index is 956. The molecule has 1 aliphatic rings. The summed E-state index contributed by atoms with van der Waals surface area (Å²) >= 11 is 0. The second-order valence-corrected chi connectivity index (χ2v) is 8.95. The molecule has 30 heavy (non-hydrogen) atoms. The summed E-state index contributed by atoms with van der Waals surface area (Å²) < 4.78 is 13.0. The number of nitrogens with one attached hydrogen (secondary N) is 1. The number of benzene rings is 1. The van der Waals surface area contributed by atoms with Crippen LogP contribution in [-0.2, 0) is 11.3 Å². The van der Waals surface area contributed by atoms with Gasteiger partial charge < -0.3 is 19.4 Å². The van der Waals surface area contributed by atoms with Crippen molar-refractivity contribution in [2.75, 3.05) is 26.9 Å². The number of carbonyl (C=O) groups is 2. The molecule has 0 aliphatic carbocycles. The van der Waals surface area contributed by atoms with E-state index in [0.29, 0.717) is 12.1 Å². The van der Waals surface area contributed by atoms with Crippen molar-refractivity contribution in [3.8, 4) is 11.5 Å². The largest absolute Gasteiger partial charge is 0.454 e. The molecule has 7 nitrogen and oxygen atoms in total. The third-order valence-corrected chi connectivity index (χ3v) is 4.99. The lowest BCUT2D eigenvalue weighted by atomic mass is 10.1. The molecular weight excluding hydrogens is 382 g/mol. The fourth-order valence-corrected chi connectivity index (χ4v) is 3.64. The second-order valence-electron chi connectivity index (χ2n) is 8.95. The average molecular weight is 414 g/mol. The highest BCUT2D eigenvalue weighted by Crippen LogP contribution is 2.33. The molecular formula is C23H31N3O4. The molecule has 0 atom stereocenters. The van der Waals surface area contributed by atoms with Crippen LogP contribution in [-0.4, -0.2) is 53.6 Å². The van der Waals surface area contributed by atoms with Crippen molar-refractivity contribution >= 4 is 11.7 Å². The molecule has 2 aromatic rings. The van der Waals surface area contributed by atoms with Crippen molar-refractivity contribution in [2.24, 2.45) is 0 Å². The van der Waals surface area contributed by atoms with E-state index in [2.05, 4.69) is 9.88 Å². The number of ketones is 1. The first kappa shape index (κ1) is 21.9. The van der Waals surface area contributed by atoms with E-state index in [9.17, 15) is 9.59 Å². The minimum absolute atomic E-state index is 0.00564. The van der Waals surface area contributed by atoms with Gasteiger partial charge in [0.15, 0.2) is 17.3 Å². The topological polar surface area (TPSA) is 72.8 Å². The Morgan fingerprint density at radius 2 is 1.80 bits per heavy atom. The number of rotatable bonds is 7. The summed E-state index contributed by atoms with van der Waals surface area (Å²) in [5.41, 5.74) is 3.42. The van der Waals surface area contributed by atoms with Gasteiger partial charge in [0.1, 0.15) is 0 Å². The number of ether oxygens (including phenoxy) is 2. The molecule has 0 unspecified atom stereocenters. The van der Waals surface area contributed by atoms with Crippen LogP contribution in [0.1, 0.15) is 48.1 Å². The predicted molar refractivity (Wildman–Crippen MR) is 115 cm³/mol. The van der Waals surface area contributed by atoms with Gasteiger partial charge in [-0.15, -0.1) is 0 Å². The number of Topliss-reactive ketones (excluding diaryl/α,β-unsaturated/α-hetero) is 1. The van der Waals surface area contributed by atoms with E-state index in [1.165, 1.54) is 0 Å². The maximum atomic E-state index is 12.9. The standard InChI is InChI=1S/C23H31N3O4/c1-15-9-18(19(27)12-25(6)13-22(28)24-23(3,4)5)16(2)26(15)11-17-7-8-20-21(10-17)30-14-29-20/h7-10H,11-14H2,1-6H3,(H,24,28). The van der Waals surface area contributed by atoms with Crippen LogP contribution in [0.2, 0.25) is 0 Å². The van der Waals surface area contributed by atoms with Crippen molar-refractivity contribution in [2.45, 2.75) is 46.7 Å². The van der Waals surface area contributed by atoms with Crippen LogP contribution in [0, 0.1) is 13.8 Å². The molecule has 3 rings (SSSR count). The number of hydrogen-bond acceptors (Lipinski definition) is 5. The van der Waals surface area contributed by atoms with E-state index in [1.807, 2.05) is 58.9 Å². The van der Waals surface area contributed by atoms with Gasteiger partial charge in [-0.25, -0.2) is 0 Å². The van der Waals surface area contributed by atoms with Gasteiger partial charge in [0.25, 0.3) is 0 Å². The summed E-state index contributed by atoms with van der Waals surface area (Å²) in [5.74, 6) is 1.42. The van der Waals surface area contributed by atoms with Crippen molar-refractivity contribution in [1.29, 1.82) is 0 Å². The minimum atomic E-state index is -0.290. The fraction of sp³-hybridized carbons (Fsp3) is 0.478. The summed E-state index contributed by atoms with van der Waals surface area (Å²) in [6.45, 7) is 11.0. The molecule has 0 saturated heterocycles. The van der Waals surface area contributed by atoms with E-state index in [4.69, 9.17) is 9.47 Å². The van der Waals surface area contributed by atoms with Crippen LogP contribution in [0.3, 0.4) is 0 Å². The summed E-state index contributed by atoms with van der Waals surface area (Å²) in [4.78, 5) is 26.7. The minimum Gasteiger partial charge on any atom is -0.454 e. The van der Waals surface area contributed by atoms with Gasteiger partial charge in [-0.1, -0.05) is 6.07 Å². The Kier molecular flexibility index (Phi) is 6.22. The Balaban J connectivity index is 1.67. The van der Waals surface area contributed by atoms with Gasteiger partial charge in [-0.2, -0.15) is 0 Å². The normalized spacial score (nSPS) is 13.0. The maximum Gasteiger partial charge on any atom is 0.234 e. The first-order valence-electron chi connectivity index (χ1n) is 10.1. The smallest absolute Gasteiger partial charge is 0.234 e. The van der Waals surface area contributed by atoms with Gasteiger partial charge in [-0.3, -0.25) is 14.5 Å². The van der Waals surface area contributed by atoms with Gasteiger partial charge in [0.2, 0.25) is 12.7 Å². The number of aromatic nitrogens is 1. The van der Waals surface area contributed by atoms with E-state index in [-0.39, 0.29) is 37.1 Å². The molecule has 1 N–H and O–H groups in total. The molecule has 0 radical (unpaired) electrons. The molecule has 1 amide bonds.